The number of hydrogen-bond acceptors (Lipinski definition) is 9. The van der Waals surface area contributed by atoms with Crippen LogP contribution in [-0.2, 0) is 16.1 Å². The third-order valence-electron chi connectivity index (χ3n) is 4.81. The Morgan fingerprint density at radius 2 is 1.81 bits per heavy atom. The van der Waals surface area contributed by atoms with Crippen molar-refractivity contribution in [3.63, 3.8) is 0 Å². The number of esters is 1. The van der Waals surface area contributed by atoms with Crippen LogP contribution in [0.25, 0.3) is 11.5 Å². The van der Waals surface area contributed by atoms with Gasteiger partial charge in [0.2, 0.25) is 5.82 Å². The second-order valence-electron chi connectivity index (χ2n) is 6.85. The fraction of sp³-hybridized carbons (Fsp3) is 0.350. The van der Waals surface area contributed by atoms with Gasteiger partial charge in [-0.25, -0.2) is 14.8 Å². The number of benzene rings is 1. The first-order valence-corrected chi connectivity index (χ1v) is 9.99. The molecule has 0 saturated carbocycles. The number of ether oxygens (including phenoxy) is 1. The average molecular weight is 422 g/mol. The normalized spacial score (nSPS) is 13.8. The maximum atomic E-state index is 12.6. The molecule has 11 heteroatoms. The number of amides is 1. The quantitative estimate of drug-likeness (QED) is 0.528. The second kappa shape index (κ2) is 9.28. The van der Waals surface area contributed by atoms with Gasteiger partial charge >= 0.3 is 5.97 Å². The Morgan fingerprint density at radius 3 is 2.48 bits per heavy atom. The van der Waals surface area contributed by atoms with Gasteiger partial charge < -0.3 is 14.5 Å². The molecule has 4 rings (SSSR count). The summed E-state index contributed by atoms with van der Waals surface area (Å²) in [5.74, 6) is 0.604. The van der Waals surface area contributed by atoms with E-state index in [1.165, 1.54) is 0 Å². The van der Waals surface area contributed by atoms with Gasteiger partial charge in [0.15, 0.2) is 6.54 Å². The van der Waals surface area contributed by atoms with Gasteiger partial charge in [0, 0.05) is 31.7 Å². The van der Waals surface area contributed by atoms with Crippen molar-refractivity contribution in [1.29, 1.82) is 0 Å². The maximum Gasteiger partial charge on any atom is 0.329 e. The molecule has 0 bridgehead atoms. The molecular weight excluding hydrogens is 400 g/mol. The van der Waals surface area contributed by atoms with E-state index >= 15 is 0 Å². The van der Waals surface area contributed by atoms with Crippen LogP contribution in [0, 0.1) is 0 Å². The number of anilines is 1. The van der Waals surface area contributed by atoms with E-state index in [0.717, 1.165) is 10.6 Å². The van der Waals surface area contributed by atoms with Crippen LogP contribution < -0.4 is 4.90 Å². The van der Waals surface area contributed by atoms with E-state index in [2.05, 4.69) is 30.3 Å². The summed E-state index contributed by atoms with van der Waals surface area (Å²) in [5.41, 5.74) is 1.15. The summed E-state index contributed by atoms with van der Waals surface area (Å²) < 4.78 is 4.87. The van der Waals surface area contributed by atoms with Gasteiger partial charge in [-0.2, -0.15) is 4.80 Å². The third kappa shape index (κ3) is 4.82. The minimum absolute atomic E-state index is 0.0404. The van der Waals surface area contributed by atoms with Crippen LogP contribution in [0.4, 0.5) is 5.82 Å². The molecule has 0 radical (unpaired) electrons. The molecule has 11 nitrogen and oxygen atoms in total. The zero-order valence-electron chi connectivity index (χ0n) is 17.1. The SMILES string of the molecule is CCOC(=O)Cn1nnc(-c2cnc(N3CCN(C(=O)c4ccccc4)CC3)cn2)n1. The fourth-order valence-corrected chi connectivity index (χ4v) is 3.24. The van der Waals surface area contributed by atoms with E-state index in [1.807, 2.05) is 35.2 Å². The Balaban J connectivity index is 1.35. The van der Waals surface area contributed by atoms with E-state index < -0.39 is 5.97 Å². The molecule has 1 amide bonds. The number of aromatic nitrogens is 6. The van der Waals surface area contributed by atoms with Gasteiger partial charge in [0.1, 0.15) is 11.5 Å². The van der Waals surface area contributed by atoms with E-state index in [0.29, 0.717) is 44.0 Å². The number of rotatable bonds is 6. The predicted octanol–water partition coefficient (Wildman–Crippen LogP) is 0.656. The van der Waals surface area contributed by atoms with E-state index in [1.54, 1.807) is 19.3 Å². The first kappa shape index (κ1) is 20.4. The van der Waals surface area contributed by atoms with Crippen molar-refractivity contribution >= 4 is 17.7 Å². The van der Waals surface area contributed by atoms with Crippen molar-refractivity contribution in [1.82, 2.24) is 35.1 Å². The molecule has 0 unspecified atom stereocenters. The zero-order chi connectivity index (χ0) is 21.6. The average Bonchev–Trinajstić information content (AvgIpc) is 3.28. The van der Waals surface area contributed by atoms with Gasteiger partial charge in [-0.15, -0.1) is 10.2 Å². The topological polar surface area (TPSA) is 119 Å². The number of nitrogens with zero attached hydrogens (tertiary/aromatic N) is 8. The van der Waals surface area contributed by atoms with Crippen molar-refractivity contribution in [2.24, 2.45) is 0 Å². The molecule has 1 fully saturated rings. The molecule has 3 heterocycles. The Labute approximate surface area is 178 Å². The van der Waals surface area contributed by atoms with Crippen LogP contribution in [0.5, 0.6) is 0 Å². The van der Waals surface area contributed by atoms with E-state index in [4.69, 9.17) is 4.74 Å². The number of hydrogen-bond donors (Lipinski definition) is 0. The number of tetrazole rings is 1. The highest BCUT2D eigenvalue weighted by Crippen LogP contribution is 2.17. The Bertz CT molecular complexity index is 1030. The predicted molar refractivity (Wildman–Crippen MR) is 110 cm³/mol. The monoisotopic (exact) mass is 422 g/mol. The summed E-state index contributed by atoms with van der Waals surface area (Å²) in [6, 6.07) is 9.29. The first-order chi connectivity index (χ1) is 15.1. The number of carbonyl (C=O) groups is 2. The van der Waals surface area contributed by atoms with Gasteiger partial charge in [-0.1, -0.05) is 18.2 Å². The second-order valence-corrected chi connectivity index (χ2v) is 6.85. The summed E-state index contributed by atoms with van der Waals surface area (Å²) in [6.07, 6.45) is 3.22. The highest BCUT2D eigenvalue weighted by atomic mass is 16.5. The molecule has 0 atom stereocenters. The lowest BCUT2D eigenvalue weighted by Gasteiger charge is -2.35. The molecule has 1 saturated heterocycles. The smallest absolute Gasteiger partial charge is 0.329 e. The molecule has 0 spiro atoms. The summed E-state index contributed by atoms with van der Waals surface area (Å²) in [7, 11) is 0. The van der Waals surface area contributed by atoms with Gasteiger partial charge in [-0.05, 0) is 24.3 Å². The van der Waals surface area contributed by atoms with Gasteiger partial charge in [0.05, 0.1) is 19.0 Å². The fourth-order valence-electron chi connectivity index (χ4n) is 3.24. The molecule has 2 aromatic heterocycles. The molecule has 1 aromatic carbocycles. The van der Waals surface area contributed by atoms with Crippen molar-refractivity contribution in [2.45, 2.75) is 13.5 Å². The summed E-state index contributed by atoms with van der Waals surface area (Å²) in [6.45, 7) is 4.47. The lowest BCUT2D eigenvalue weighted by atomic mass is 10.2. The molecule has 0 aliphatic carbocycles. The lowest BCUT2D eigenvalue weighted by molar-refractivity contribution is -0.144. The lowest BCUT2D eigenvalue weighted by Crippen LogP contribution is -2.49. The Morgan fingerprint density at radius 1 is 1.03 bits per heavy atom. The summed E-state index contributed by atoms with van der Waals surface area (Å²) in [5, 5.41) is 11.9. The van der Waals surface area contributed by atoms with Crippen LogP contribution >= 0.6 is 0 Å². The minimum Gasteiger partial charge on any atom is -0.465 e. The van der Waals surface area contributed by atoms with Crippen LogP contribution in [0.3, 0.4) is 0 Å². The zero-order valence-corrected chi connectivity index (χ0v) is 17.1. The van der Waals surface area contributed by atoms with Crippen LogP contribution in [0.15, 0.2) is 42.7 Å². The largest absolute Gasteiger partial charge is 0.465 e. The van der Waals surface area contributed by atoms with Crippen LogP contribution in [-0.4, -0.2) is 79.7 Å². The van der Waals surface area contributed by atoms with Crippen LogP contribution in [0.2, 0.25) is 0 Å². The molecular formula is C20H22N8O3. The maximum absolute atomic E-state index is 12.6. The van der Waals surface area contributed by atoms with E-state index in [-0.39, 0.29) is 18.3 Å². The van der Waals surface area contributed by atoms with Crippen molar-refractivity contribution in [2.75, 3.05) is 37.7 Å². The minimum atomic E-state index is -0.433. The highest BCUT2D eigenvalue weighted by molar-refractivity contribution is 5.94. The highest BCUT2D eigenvalue weighted by Gasteiger charge is 2.23. The van der Waals surface area contributed by atoms with Crippen molar-refractivity contribution in [3.8, 4) is 11.5 Å². The van der Waals surface area contributed by atoms with Crippen molar-refractivity contribution < 1.29 is 14.3 Å². The Kier molecular flexibility index (Phi) is 6.11. The number of carbonyl (C=O) groups excluding carboxylic acids is 2. The first-order valence-electron chi connectivity index (χ1n) is 9.99. The summed E-state index contributed by atoms with van der Waals surface area (Å²) in [4.78, 5) is 38.0. The van der Waals surface area contributed by atoms with E-state index in [9.17, 15) is 9.59 Å². The molecule has 31 heavy (non-hydrogen) atoms. The standard InChI is InChI=1S/C20H22N8O3/c1-2-31-18(29)14-28-24-19(23-25-28)16-12-22-17(13-21-16)26-8-10-27(11-9-26)20(30)15-6-4-3-5-7-15/h3-7,12-13H,2,8-11,14H2,1H3. The molecule has 1 aliphatic rings. The molecule has 0 N–H and O–H groups in total. The van der Waals surface area contributed by atoms with Gasteiger partial charge in [-0.3, -0.25) is 4.79 Å². The van der Waals surface area contributed by atoms with Gasteiger partial charge in [0.25, 0.3) is 5.91 Å². The third-order valence-corrected chi connectivity index (χ3v) is 4.81. The molecule has 1 aliphatic heterocycles. The summed E-state index contributed by atoms with van der Waals surface area (Å²) >= 11 is 0. The van der Waals surface area contributed by atoms with Crippen LogP contribution in [0.1, 0.15) is 17.3 Å². The molecule has 3 aromatic rings. The molecule has 160 valence electrons. The van der Waals surface area contributed by atoms with Crippen molar-refractivity contribution in [3.05, 3.63) is 48.3 Å². The number of piperazine rings is 1. The Hall–Kier alpha value is -3.89.